The van der Waals surface area contributed by atoms with E-state index in [9.17, 15) is 18.0 Å². The fourth-order valence-corrected chi connectivity index (χ4v) is 3.60. The molecule has 0 unspecified atom stereocenters. The number of fused-ring (bicyclic) bond motifs is 1. The summed E-state index contributed by atoms with van der Waals surface area (Å²) in [6, 6.07) is 14.2. The molecule has 0 atom stereocenters. The van der Waals surface area contributed by atoms with Crippen molar-refractivity contribution in [2.24, 2.45) is 5.73 Å². The summed E-state index contributed by atoms with van der Waals surface area (Å²) in [5.74, 6) is -1.10. The largest absolute Gasteiger partial charge is 0.478 e. The van der Waals surface area contributed by atoms with Crippen LogP contribution in [0.2, 0.25) is 0 Å². The second-order valence-electron chi connectivity index (χ2n) is 5.70. The quantitative estimate of drug-likeness (QED) is 0.535. The van der Waals surface area contributed by atoms with Crippen LogP contribution in [0.1, 0.15) is 10.4 Å². The number of carboxylic acid groups (broad SMARTS) is 1. The molecule has 0 heterocycles. The van der Waals surface area contributed by atoms with Crippen LogP contribution in [-0.2, 0) is 10.0 Å². The third-order valence-corrected chi connectivity index (χ3v) is 5.15. The molecule has 0 aliphatic heterocycles. The predicted octanol–water partition coefficient (Wildman–Crippen LogP) is 2.83. The molecule has 8 nitrogen and oxygen atoms in total. The van der Waals surface area contributed by atoms with Gasteiger partial charge in [0.1, 0.15) is 0 Å². The smallest absolute Gasteiger partial charge is 0.335 e. The lowest BCUT2D eigenvalue weighted by Gasteiger charge is -2.10. The zero-order valence-electron chi connectivity index (χ0n) is 13.8. The Morgan fingerprint density at radius 2 is 1.48 bits per heavy atom. The summed E-state index contributed by atoms with van der Waals surface area (Å²) in [5.41, 5.74) is 5.83. The minimum Gasteiger partial charge on any atom is -0.478 e. The number of rotatable bonds is 5. The van der Waals surface area contributed by atoms with Crippen LogP contribution in [-0.4, -0.2) is 25.5 Å². The molecule has 0 spiro atoms. The van der Waals surface area contributed by atoms with Gasteiger partial charge in [-0.1, -0.05) is 12.1 Å². The summed E-state index contributed by atoms with van der Waals surface area (Å²) < 4.78 is 27.6. The molecule has 0 radical (unpaired) electrons. The molecule has 0 aromatic heterocycles. The Hall–Kier alpha value is -3.59. The van der Waals surface area contributed by atoms with E-state index in [4.69, 9.17) is 10.8 Å². The van der Waals surface area contributed by atoms with E-state index < -0.39 is 22.0 Å². The molecule has 0 saturated heterocycles. The van der Waals surface area contributed by atoms with Crippen LogP contribution in [0.15, 0.2) is 65.6 Å². The van der Waals surface area contributed by atoms with Crippen molar-refractivity contribution < 1.29 is 23.1 Å². The second kappa shape index (κ2) is 6.96. The number of aromatic carboxylic acids is 1. The topological polar surface area (TPSA) is 139 Å². The maximum Gasteiger partial charge on any atom is 0.335 e. The Morgan fingerprint density at radius 1 is 0.852 bits per heavy atom. The first-order valence-corrected chi connectivity index (χ1v) is 9.19. The van der Waals surface area contributed by atoms with Crippen LogP contribution in [0, 0.1) is 0 Å². The van der Waals surface area contributed by atoms with E-state index in [-0.39, 0.29) is 16.1 Å². The number of nitrogens with two attached hydrogens (primary N) is 1. The van der Waals surface area contributed by atoms with Gasteiger partial charge in [-0.2, -0.15) is 0 Å². The molecule has 0 aliphatic rings. The van der Waals surface area contributed by atoms with E-state index in [0.29, 0.717) is 11.1 Å². The summed E-state index contributed by atoms with van der Waals surface area (Å²) in [5, 5.41) is 12.7. The number of carbonyl (C=O) groups excluding carboxylic acids is 1. The lowest BCUT2D eigenvalue weighted by Crippen LogP contribution is -2.19. The average Bonchev–Trinajstić information content (AvgIpc) is 2.60. The Kier molecular flexibility index (Phi) is 4.70. The maximum absolute atomic E-state index is 12.6. The number of hydrogen-bond acceptors (Lipinski definition) is 4. The van der Waals surface area contributed by atoms with Gasteiger partial charge in [-0.25, -0.2) is 18.0 Å². The highest BCUT2D eigenvalue weighted by atomic mass is 32.2. The van der Waals surface area contributed by atoms with E-state index in [1.165, 1.54) is 36.4 Å². The van der Waals surface area contributed by atoms with E-state index in [0.717, 1.165) is 5.39 Å². The van der Waals surface area contributed by atoms with Crippen molar-refractivity contribution in [3.05, 3.63) is 66.2 Å². The Morgan fingerprint density at radius 3 is 2.11 bits per heavy atom. The van der Waals surface area contributed by atoms with Crippen LogP contribution >= 0.6 is 0 Å². The average molecular weight is 385 g/mol. The molecule has 2 amide bonds. The monoisotopic (exact) mass is 385 g/mol. The van der Waals surface area contributed by atoms with E-state index >= 15 is 0 Å². The summed E-state index contributed by atoms with van der Waals surface area (Å²) >= 11 is 0. The molecule has 3 aromatic rings. The van der Waals surface area contributed by atoms with Crippen molar-refractivity contribution in [1.29, 1.82) is 0 Å². The van der Waals surface area contributed by atoms with Crippen LogP contribution in [0.5, 0.6) is 0 Å². The highest BCUT2D eigenvalue weighted by Gasteiger charge is 2.15. The molecule has 9 heteroatoms. The highest BCUT2D eigenvalue weighted by Crippen LogP contribution is 2.24. The second-order valence-corrected chi connectivity index (χ2v) is 7.38. The van der Waals surface area contributed by atoms with Crippen LogP contribution in [0.25, 0.3) is 10.8 Å². The molecule has 27 heavy (non-hydrogen) atoms. The first-order chi connectivity index (χ1) is 12.7. The Balaban J connectivity index is 1.91. The number of carboxylic acids is 1. The maximum atomic E-state index is 12.6. The molecular formula is C18H15N3O5S. The number of benzene rings is 3. The third kappa shape index (κ3) is 4.15. The number of hydrogen-bond donors (Lipinski definition) is 4. The summed E-state index contributed by atoms with van der Waals surface area (Å²) in [6.45, 7) is 0. The minimum atomic E-state index is -3.88. The van der Waals surface area contributed by atoms with Gasteiger partial charge >= 0.3 is 12.0 Å². The summed E-state index contributed by atoms with van der Waals surface area (Å²) in [4.78, 5) is 21.9. The molecule has 0 bridgehead atoms. The molecule has 3 rings (SSSR count). The van der Waals surface area contributed by atoms with E-state index in [1.54, 1.807) is 24.3 Å². The van der Waals surface area contributed by atoms with Crippen molar-refractivity contribution in [1.82, 2.24) is 0 Å². The van der Waals surface area contributed by atoms with Crippen molar-refractivity contribution >= 4 is 44.2 Å². The normalized spacial score (nSPS) is 11.1. The number of anilines is 2. The van der Waals surface area contributed by atoms with Gasteiger partial charge in [0.15, 0.2) is 0 Å². The van der Waals surface area contributed by atoms with Gasteiger partial charge in [0.05, 0.1) is 10.5 Å². The van der Waals surface area contributed by atoms with E-state index in [1.807, 2.05) is 0 Å². The third-order valence-electron chi connectivity index (χ3n) is 3.77. The fraction of sp³-hybridized carbons (Fsp3) is 0. The van der Waals surface area contributed by atoms with Gasteiger partial charge in [-0.05, 0) is 59.3 Å². The molecule has 138 valence electrons. The predicted molar refractivity (Wildman–Crippen MR) is 101 cm³/mol. The number of nitrogens with one attached hydrogen (secondary N) is 2. The van der Waals surface area contributed by atoms with Gasteiger partial charge in [0, 0.05) is 11.4 Å². The van der Waals surface area contributed by atoms with Crippen LogP contribution in [0.3, 0.4) is 0 Å². The number of primary amides is 1. The molecular weight excluding hydrogens is 370 g/mol. The number of amides is 2. The highest BCUT2D eigenvalue weighted by molar-refractivity contribution is 7.92. The van der Waals surface area contributed by atoms with Crippen LogP contribution in [0.4, 0.5) is 16.2 Å². The van der Waals surface area contributed by atoms with E-state index in [2.05, 4.69) is 10.0 Å². The molecule has 0 aliphatic carbocycles. The minimum absolute atomic E-state index is 0.0218. The first kappa shape index (κ1) is 18.2. The van der Waals surface area contributed by atoms with Gasteiger partial charge in [0.2, 0.25) is 0 Å². The zero-order chi connectivity index (χ0) is 19.6. The lowest BCUT2D eigenvalue weighted by molar-refractivity contribution is 0.0697. The molecule has 5 N–H and O–H groups in total. The molecule has 0 saturated carbocycles. The number of carbonyl (C=O) groups is 2. The molecule has 3 aromatic carbocycles. The fourth-order valence-electron chi connectivity index (χ4n) is 2.51. The Bertz CT molecular complexity index is 1140. The summed E-state index contributed by atoms with van der Waals surface area (Å²) in [7, 11) is -3.88. The molecule has 0 fully saturated rings. The van der Waals surface area contributed by atoms with Gasteiger partial charge < -0.3 is 16.2 Å². The van der Waals surface area contributed by atoms with Gasteiger partial charge in [0.25, 0.3) is 10.0 Å². The first-order valence-electron chi connectivity index (χ1n) is 7.71. The number of urea groups is 1. The number of sulfonamides is 1. The lowest BCUT2D eigenvalue weighted by atomic mass is 10.1. The van der Waals surface area contributed by atoms with Crippen molar-refractivity contribution in [3.8, 4) is 0 Å². The van der Waals surface area contributed by atoms with Crippen molar-refractivity contribution in [2.75, 3.05) is 10.0 Å². The van der Waals surface area contributed by atoms with Crippen LogP contribution < -0.4 is 15.8 Å². The van der Waals surface area contributed by atoms with Crippen molar-refractivity contribution in [3.63, 3.8) is 0 Å². The SMILES string of the molecule is NC(=O)Nc1ccc2ccc(S(=O)(=O)Nc3ccc(C(=O)O)cc3)cc2c1. The zero-order valence-corrected chi connectivity index (χ0v) is 14.7. The van der Waals surface area contributed by atoms with Gasteiger partial charge in [-0.3, -0.25) is 4.72 Å². The standard InChI is InChI=1S/C18H15N3O5S/c19-18(24)20-15-7-1-11-4-8-16(10-13(11)9-15)27(25,26)21-14-5-2-12(3-6-14)17(22)23/h1-10,21H,(H,22,23)(H3,19,20,24). The van der Waals surface area contributed by atoms with Gasteiger partial charge in [-0.15, -0.1) is 0 Å². The summed E-state index contributed by atoms with van der Waals surface area (Å²) in [6.07, 6.45) is 0. The Labute approximate surface area is 154 Å². The van der Waals surface area contributed by atoms with Crippen molar-refractivity contribution in [2.45, 2.75) is 4.90 Å².